The van der Waals surface area contributed by atoms with Crippen LogP contribution < -0.4 is 10.5 Å². The van der Waals surface area contributed by atoms with E-state index in [-0.39, 0.29) is 0 Å². The number of nitrogens with two attached hydrogens (primary N) is 1. The van der Waals surface area contributed by atoms with E-state index < -0.39 is 0 Å². The maximum Gasteiger partial charge on any atom is 0.119 e. The van der Waals surface area contributed by atoms with Gasteiger partial charge in [-0.2, -0.15) is 0 Å². The first-order valence-corrected chi connectivity index (χ1v) is 6.78. The zero-order valence-corrected chi connectivity index (χ0v) is 11.4. The summed E-state index contributed by atoms with van der Waals surface area (Å²) in [7, 11) is 1.71. The quantitative estimate of drug-likeness (QED) is 0.884. The highest BCUT2D eigenvalue weighted by molar-refractivity contribution is 5.28. The van der Waals surface area contributed by atoms with Crippen molar-refractivity contribution in [3.63, 3.8) is 0 Å². The van der Waals surface area contributed by atoms with Crippen molar-refractivity contribution in [2.45, 2.75) is 25.8 Å². The molecule has 1 aliphatic heterocycles. The molecule has 0 aliphatic carbocycles. The van der Waals surface area contributed by atoms with E-state index in [0.717, 1.165) is 37.6 Å². The molecule has 3 heteroatoms. The molecule has 1 fully saturated rings. The van der Waals surface area contributed by atoms with Gasteiger partial charge in [0.15, 0.2) is 0 Å². The van der Waals surface area contributed by atoms with Crippen LogP contribution in [0.2, 0.25) is 0 Å². The summed E-state index contributed by atoms with van der Waals surface area (Å²) < 4.78 is 5.25. The van der Waals surface area contributed by atoms with Gasteiger partial charge < -0.3 is 15.4 Å². The smallest absolute Gasteiger partial charge is 0.119 e. The summed E-state index contributed by atoms with van der Waals surface area (Å²) in [6.45, 7) is 5.59. The molecule has 0 saturated carbocycles. The van der Waals surface area contributed by atoms with Crippen LogP contribution in [0.1, 0.15) is 18.9 Å². The molecule has 0 amide bonds. The molecule has 0 spiro atoms. The maximum absolute atomic E-state index is 6.07. The number of methoxy groups -OCH3 is 1. The minimum atomic E-state index is 0.346. The van der Waals surface area contributed by atoms with E-state index in [1.54, 1.807) is 7.11 Å². The summed E-state index contributed by atoms with van der Waals surface area (Å²) in [4.78, 5) is 2.48. The van der Waals surface area contributed by atoms with Crippen molar-refractivity contribution in [3.05, 3.63) is 29.8 Å². The molecule has 1 aromatic rings. The lowest BCUT2D eigenvalue weighted by Gasteiger charge is -2.34. The second-order valence-corrected chi connectivity index (χ2v) is 5.46. The Morgan fingerprint density at radius 1 is 1.39 bits per heavy atom. The van der Waals surface area contributed by atoms with Crippen LogP contribution in [0.4, 0.5) is 0 Å². The number of hydrogen-bond donors (Lipinski definition) is 1. The van der Waals surface area contributed by atoms with Gasteiger partial charge in [0.1, 0.15) is 5.75 Å². The third kappa shape index (κ3) is 3.72. The van der Waals surface area contributed by atoms with E-state index in [1.807, 2.05) is 6.07 Å². The van der Waals surface area contributed by atoms with Crippen LogP contribution in [0.3, 0.4) is 0 Å². The summed E-state index contributed by atoms with van der Waals surface area (Å²) in [5, 5.41) is 0. The van der Waals surface area contributed by atoms with Crippen LogP contribution in [0, 0.1) is 5.92 Å². The molecule has 0 unspecified atom stereocenters. The zero-order chi connectivity index (χ0) is 13.0. The van der Waals surface area contributed by atoms with E-state index >= 15 is 0 Å². The summed E-state index contributed by atoms with van der Waals surface area (Å²) in [6, 6.07) is 8.67. The van der Waals surface area contributed by atoms with E-state index in [0.29, 0.717) is 6.04 Å². The Kier molecular flexibility index (Phi) is 4.61. The van der Waals surface area contributed by atoms with Crippen molar-refractivity contribution in [2.75, 3.05) is 26.7 Å². The van der Waals surface area contributed by atoms with Crippen molar-refractivity contribution < 1.29 is 4.74 Å². The van der Waals surface area contributed by atoms with Crippen LogP contribution >= 0.6 is 0 Å². The Hall–Kier alpha value is -1.06. The number of hydrogen-bond acceptors (Lipinski definition) is 3. The van der Waals surface area contributed by atoms with Crippen molar-refractivity contribution in [3.8, 4) is 5.75 Å². The standard InChI is InChI=1S/C15H24N2O/c1-12-8-14(16)11-17(10-12)7-6-13-4-3-5-15(9-13)18-2/h3-5,9,12,14H,6-8,10-11,16H2,1-2H3/t12-,14+/m0/s1. The van der Waals surface area contributed by atoms with Crippen molar-refractivity contribution >= 4 is 0 Å². The lowest BCUT2D eigenvalue weighted by atomic mass is 9.96. The van der Waals surface area contributed by atoms with Crippen molar-refractivity contribution in [2.24, 2.45) is 11.7 Å². The number of ether oxygens (including phenoxy) is 1. The molecule has 2 N–H and O–H groups in total. The molecule has 1 saturated heterocycles. The summed E-state index contributed by atoms with van der Waals surface area (Å²) in [5.74, 6) is 1.66. The van der Waals surface area contributed by atoms with Crippen LogP contribution in [-0.4, -0.2) is 37.7 Å². The minimum Gasteiger partial charge on any atom is -0.497 e. The van der Waals surface area contributed by atoms with Crippen molar-refractivity contribution in [1.82, 2.24) is 4.90 Å². The minimum absolute atomic E-state index is 0.346. The van der Waals surface area contributed by atoms with Gasteiger partial charge in [-0.1, -0.05) is 19.1 Å². The summed E-state index contributed by atoms with van der Waals surface area (Å²) in [6.07, 6.45) is 2.23. The van der Waals surface area contributed by atoms with Gasteiger partial charge in [-0.05, 0) is 36.5 Å². The Labute approximate surface area is 110 Å². The van der Waals surface area contributed by atoms with Gasteiger partial charge in [-0.25, -0.2) is 0 Å². The highest BCUT2D eigenvalue weighted by atomic mass is 16.5. The fourth-order valence-electron chi connectivity index (χ4n) is 2.81. The molecule has 2 rings (SSSR count). The lowest BCUT2D eigenvalue weighted by molar-refractivity contribution is 0.167. The average Bonchev–Trinajstić information content (AvgIpc) is 2.35. The van der Waals surface area contributed by atoms with Gasteiger partial charge in [-0.3, -0.25) is 0 Å². The van der Waals surface area contributed by atoms with Crippen LogP contribution in [0.15, 0.2) is 24.3 Å². The SMILES string of the molecule is COc1cccc(CCN2C[C@@H](C)C[C@@H](N)C2)c1. The molecule has 3 nitrogen and oxygen atoms in total. The Morgan fingerprint density at radius 3 is 2.94 bits per heavy atom. The van der Waals surface area contributed by atoms with Crippen molar-refractivity contribution in [1.29, 1.82) is 0 Å². The normalized spacial score (nSPS) is 25.1. The van der Waals surface area contributed by atoms with Gasteiger partial charge in [0.25, 0.3) is 0 Å². The number of benzene rings is 1. The van der Waals surface area contributed by atoms with Crippen LogP contribution in [0.5, 0.6) is 5.75 Å². The van der Waals surface area contributed by atoms with E-state index in [2.05, 4.69) is 30.0 Å². The first-order chi connectivity index (χ1) is 8.67. The first-order valence-electron chi connectivity index (χ1n) is 6.78. The van der Waals surface area contributed by atoms with Gasteiger partial charge >= 0.3 is 0 Å². The largest absolute Gasteiger partial charge is 0.497 e. The molecule has 100 valence electrons. The predicted octanol–water partition coefficient (Wildman–Crippen LogP) is 1.91. The molecule has 18 heavy (non-hydrogen) atoms. The van der Waals surface area contributed by atoms with Gasteiger partial charge in [0.2, 0.25) is 0 Å². The zero-order valence-electron chi connectivity index (χ0n) is 11.4. The van der Waals surface area contributed by atoms with E-state index in [9.17, 15) is 0 Å². The number of likely N-dealkylation sites (tertiary alicyclic amines) is 1. The maximum atomic E-state index is 6.07. The predicted molar refractivity (Wildman–Crippen MR) is 74.9 cm³/mol. The van der Waals surface area contributed by atoms with Crippen LogP contribution in [-0.2, 0) is 6.42 Å². The second-order valence-electron chi connectivity index (χ2n) is 5.46. The lowest BCUT2D eigenvalue weighted by Crippen LogP contribution is -2.46. The third-order valence-corrected chi connectivity index (χ3v) is 3.62. The highest BCUT2D eigenvalue weighted by Crippen LogP contribution is 2.17. The molecule has 1 heterocycles. The molecular weight excluding hydrogens is 224 g/mol. The topological polar surface area (TPSA) is 38.5 Å². The highest BCUT2D eigenvalue weighted by Gasteiger charge is 2.21. The second kappa shape index (κ2) is 6.21. The van der Waals surface area contributed by atoms with Gasteiger partial charge in [0.05, 0.1) is 7.11 Å². The van der Waals surface area contributed by atoms with E-state index in [4.69, 9.17) is 10.5 Å². The summed E-state index contributed by atoms with van der Waals surface area (Å²) in [5.41, 5.74) is 7.40. The Bertz CT molecular complexity index is 371. The number of rotatable bonds is 4. The molecule has 0 radical (unpaired) electrons. The van der Waals surface area contributed by atoms with Gasteiger partial charge in [-0.15, -0.1) is 0 Å². The molecule has 2 atom stereocenters. The molecular formula is C15H24N2O. The Balaban J connectivity index is 1.86. The van der Waals surface area contributed by atoms with Gasteiger partial charge in [0, 0.05) is 25.7 Å². The van der Waals surface area contributed by atoms with Crippen LogP contribution in [0.25, 0.3) is 0 Å². The van der Waals surface area contributed by atoms with E-state index in [1.165, 1.54) is 12.1 Å². The monoisotopic (exact) mass is 248 g/mol. The molecule has 0 bridgehead atoms. The number of piperidine rings is 1. The molecule has 1 aromatic carbocycles. The summed E-state index contributed by atoms with van der Waals surface area (Å²) >= 11 is 0. The molecule has 1 aliphatic rings. The third-order valence-electron chi connectivity index (χ3n) is 3.62. The fraction of sp³-hybridized carbons (Fsp3) is 0.600. The fourth-order valence-corrected chi connectivity index (χ4v) is 2.81. The Morgan fingerprint density at radius 2 is 2.22 bits per heavy atom. The average molecular weight is 248 g/mol. The first kappa shape index (κ1) is 13.4. The number of nitrogens with zero attached hydrogens (tertiary/aromatic N) is 1. The molecule has 0 aromatic heterocycles.